The Hall–Kier alpha value is -3.30. The van der Waals surface area contributed by atoms with Crippen LogP contribution in [0.2, 0.25) is 0 Å². The first-order valence-corrected chi connectivity index (χ1v) is 12.2. The van der Waals surface area contributed by atoms with Gasteiger partial charge in [-0.15, -0.1) is 0 Å². The molecule has 2 nitrogen and oxygen atoms in total. The molecule has 0 heterocycles. The fraction of sp³-hybridized carbons (Fsp3) is 0.143. The van der Waals surface area contributed by atoms with Crippen LogP contribution in [0.1, 0.15) is 22.3 Å². The van der Waals surface area contributed by atoms with E-state index in [0.29, 0.717) is 0 Å². The molecule has 0 bridgehead atoms. The van der Waals surface area contributed by atoms with E-state index in [1.165, 1.54) is 54.9 Å². The number of fused-ring (bicyclic) bond motifs is 6. The van der Waals surface area contributed by atoms with E-state index < -0.39 is 9.52 Å². The second kappa shape index (κ2) is 7.14. The molecule has 0 unspecified atom stereocenters. The molecule has 0 fully saturated rings. The summed E-state index contributed by atoms with van der Waals surface area (Å²) in [6, 6.07) is 26.5. The first-order chi connectivity index (χ1) is 15.3. The number of ether oxygens (including phenoxy) is 2. The lowest BCUT2D eigenvalue weighted by Gasteiger charge is -2.16. The van der Waals surface area contributed by atoms with Gasteiger partial charge in [-0.05, 0) is 58.4 Å². The van der Waals surface area contributed by atoms with Crippen molar-refractivity contribution in [1.82, 2.24) is 0 Å². The van der Waals surface area contributed by atoms with E-state index in [1.54, 1.807) is 14.2 Å². The largest absolute Gasteiger partial charge is 0.496 e. The van der Waals surface area contributed by atoms with E-state index >= 15 is 0 Å². The van der Waals surface area contributed by atoms with Gasteiger partial charge in [0.05, 0.1) is 23.7 Å². The molecule has 0 saturated heterocycles. The molecule has 0 spiro atoms. The third-order valence-electron chi connectivity index (χ3n) is 6.87. The molecule has 0 atom stereocenters. The zero-order chi connectivity index (χ0) is 20.9. The van der Waals surface area contributed by atoms with Gasteiger partial charge in [-0.3, -0.25) is 0 Å². The van der Waals surface area contributed by atoms with Crippen molar-refractivity contribution < 1.29 is 9.47 Å². The van der Waals surface area contributed by atoms with Crippen molar-refractivity contribution in [2.24, 2.45) is 0 Å². The maximum atomic E-state index is 5.76. The van der Waals surface area contributed by atoms with Crippen molar-refractivity contribution in [3.05, 3.63) is 95.1 Å². The van der Waals surface area contributed by atoms with Crippen molar-refractivity contribution in [2.75, 3.05) is 14.2 Å². The average Bonchev–Trinajstić information content (AvgIpc) is 3.39. The zero-order valence-electron chi connectivity index (χ0n) is 17.9. The molecule has 2 aliphatic rings. The van der Waals surface area contributed by atoms with Gasteiger partial charge < -0.3 is 9.47 Å². The van der Waals surface area contributed by atoms with Gasteiger partial charge in [0.2, 0.25) is 0 Å². The Labute approximate surface area is 185 Å². The molecule has 0 radical (unpaired) electrons. The molecule has 0 amide bonds. The minimum Gasteiger partial charge on any atom is -0.496 e. The fourth-order valence-corrected chi connectivity index (χ4v) is 7.34. The van der Waals surface area contributed by atoms with E-state index in [-0.39, 0.29) is 0 Å². The zero-order valence-corrected chi connectivity index (χ0v) is 19.3. The van der Waals surface area contributed by atoms with Crippen LogP contribution in [-0.4, -0.2) is 23.7 Å². The molecule has 6 rings (SSSR count). The smallest absolute Gasteiger partial charge is 0.126 e. The quantitative estimate of drug-likeness (QED) is 0.402. The van der Waals surface area contributed by atoms with Gasteiger partial charge in [0.25, 0.3) is 0 Å². The van der Waals surface area contributed by atoms with Gasteiger partial charge in [-0.25, -0.2) is 0 Å². The van der Waals surface area contributed by atoms with Crippen molar-refractivity contribution in [1.29, 1.82) is 0 Å². The van der Waals surface area contributed by atoms with Gasteiger partial charge in [0.15, 0.2) is 0 Å². The minimum absolute atomic E-state index is 0.665. The van der Waals surface area contributed by atoms with E-state index in [9.17, 15) is 0 Å². The molecule has 31 heavy (non-hydrogen) atoms. The molecule has 0 saturated carbocycles. The maximum Gasteiger partial charge on any atom is 0.126 e. The highest BCUT2D eigenvalue weighted by molar-refractivity contribution is 6.68. The molecule has 0 N–H and O–H groups in total. The standard InChI is InChI=1S/C28H24O2Si/c1-29-23-11-13-25(21-15-17-7-3-5-9-19(17)27(21)23)31-26-14-12-24(30-2)28-20-10-6-4-8-18(20)16-22(26)28/h3-14H,15-16,31H2,1-2H3. The lowest BCUT2D eigenvalue weighted by atomic mass is 10.0. The predicted octanol–water partition coefficient (Wildman–Crippen LogP) is 3.97. The van der Waals surface area contributed by atoms with Crippen LogP contribution in [0, 0.1) is 0 Å². The van der Waals surface area contributed by atoms with Gasteiger partial charge >= 0.3 is 0 Å². The summed E-state index contributed by atoms with van der Waals surface area (Å²) in [4.78, 5) is 0. The third kappa shape index (κ3) is 2.77. The Morgan fingerprint density at radius 1 is 0.581 bits per heavy atom. The Kier molecular flexibility index (Phi) is 4.25. The molecule has 4 aromatic carbocycles. The summed E-state index contributed by atoms with van der Waals surface area (Å²) in [5.74, 6) is 1.98. The van der Waals surface area contributed by atoms with E-state index in [0.717, 1.165) is 24.3 Å². The molecule has 3 heteroatoms. The van der Waals surface area contributed by atoms with Crippen LogP contribution < -0.4 is 19.8 Å². The van der Waals surface area contributed by atoms with Crippen LogP contribution in [0.15, 0.2) is 72.8 Å². The minimum atomic E-state index is -0.665. The van der Waals surface area contributed by atoms with Crippen molar-refractivity contribution in [3.63, 3.8) is 0 Å². The molecule has 4 aromatic rings. The van der Waals surface area contributed by atoms with Crippen LogP contribution in [0.5, 0.6) is 11.5 Å². The number of methoxy groups -OCH3 is 2. The van der Waals surface area contributed by atoms with Crippen LogP contribution in [-0.2, 0) is 12.8 Å². The average molecular weight is 421 g/mol. The topological polar surface area (TPSA) is 18.5 Å². The first-order valence-electron chi connectivity index (χ1n) is 10.8. The Morgan fingerprint density at radius 3 is 1.48 bits per heavy atom. The molecular formula is C28H24O2Si. The Bertz CT molecular complexity index is 1240. The summed E-state index contributed by atoms with van der Waals surface area (Å²) < 4.78 is 11.5. The highest BCUT2D eigenvalue weighted by Gasteiger charge is 2.27. The SMILES string of the molecule is COc1ccc([SiH2]c2ccc(OC)c3c2Cc2ccccc2-3)c2c1-c1ccccc1C2. The molecule has 152 valence electrons. The van der Waals surface area contributed by atoms with Crippen molar-refractivity contribution in [2.45, 2.75) is 12.8 Å². The van der Waals surface area contributed by atoms with E-state index in [2.05, 4.69) is 72.8 Å². The van der Waals surface area contributed by atoms with Crippen LogP contribution in [0.3, 0.4) is 0 Å². The van der Waals surface area contributed by atoms with Crippen molar-refractivity contribution in [3.8, 4) is 33.8 Å². The summed E-state index contributed by atoms with van der Waals surface area (Å²) in [6.45, 7) is 0. The first kappa shape index (κ1) is 18.5. The second-order valence-corrected chi connectivity index (χ2v) is 10.3. The van der Waals surface area contributed by atoms with Gasteiger partial charge in [-0.2, -0.15) is 0 Å². The summed E-state index contributed by atoms with van der Waals surface area (Å²) >= 11 is 0. The van der Waals surface area contributed by atoms with E-state index in [1.807, 2.05) is 0 Å². The Balaban J connectivity index is 1.48. The van der Waals surface area contributed by atoms with Crippen LogP contribution in [0.4, 0.5) is 0 Å². The van der Waals surface area contributed by atoms with Crippen LogP contribution >= 0.6 is 0 Å². The monoisotopic (exact) mass is 420 g/mol. The number of hydrogen-bond donors (Lipinski definition) is 0. The second-order valence-electron chi connectivity index (χ2n) is 8.41. The predicted molar refractivity (Wildman–Crippen MR) is 130 cm³/mol. The lowest BCUT2D eigenvalue weighted by Crippen LogP contribution is -2.32. The van der Waals surface area contributed by atoms with Gasteiger partial charge in [0.1, 0.15) is 11.5 Å². The number of rotatable bonds is 4. The molecule has 0 aliphatic heterocycles. The number of benzene rings is 4. The van der Waals surface area contributed by atoms with Gasteiger partial charge in [-0.1, -0.05) is 71.0 Å². The molecular weight excluding hydrogens is 396 g/mol. The highest BCUT2D eigenvalue weighted by atomic mass is 28.2. The van der Waals surface area contributed by atoms with Gasteiger partial charge in [0, 0.05) is 11.1 Å². The summed E-state index contributed by atoms with van der Waals surface area (Å²) in [5.41, 5.74) is 11.0. The molecule has 2 aliphatic carbocycles. The van der Waals surface area contributed by atoms with Crippen molar-refractivity contribution >= 4 is 19.9 Å². The maximum absolute atomic E-state index is 5.76. The lowest BCUT2D eigenvalue weighted by molar-refractivity contribution is 0.416. The molecule has 0 aromatic heterocycles. The number of hydrogen-bond acceptors (Lipinski definition) is 2. The fourth-order valence-electron chi connectivity index (χ4n) is 5.43. The summed E-state index contributed by atoms with van der Waals surface area (Å²) in [7, 11) is 2.89. The third-order valence-corrected chi connectivity index (χ3v) is 8.96. The normalized spacial score (nSPS) is 12.7. The summed E-state index contributed by atoms with van der Waals surface area (Å²) in [6.07, 6.45) is 2.01. The Morgan fingerprint density at radius 2 is 1.03 bits per heavy atom. The van der Waals surface area contributed by atoms with E-state index in [4.69, 9.17) is 9.47 Å². The summed E-state index contributed by atoms with van der Waals surface area (Å²) in [5, 5.41) is 3.05. The van der Waals surface area contributed by atoms with Crippen LogP contribution in [0.25, 0.3) is 22.3 Å². The highest BCUT2D eigenvalue weighted by Crippen LogP contribution is 2.43.